The van der Waals surface area contributed by atoms with Crippen LogP contribution in [0.25, 0.3) is 0 Å². The van der Waals surface area contributed by atoms with Crippen molar-refractivity contribution in [3.8, 4) is 0 Å². The fourth-order valence-electron chi connectivity index (χ4n) is 1.45. The van der Waals surface area contributed by atoms with Gasteiger partial charge in [-0.05, 0) is 12.1 Å². The summed E-state index contributed by atoms with van der Waals surface area (Å²) in [5.74, 6) is 0. The maximum atomic E-state index is 5.87. The Morgan fingerprint density at radius 1 is 1.42 bits per heavy atom. The van der Waals surface area contributed by atoms with Crippen molar-refractivity contribution in [2.24, 2.45) is 5.16 Å². The third kappa shape index (κ3) is 3.93. The fourth-order valence-corrected chi connectivity index (χ4v) is 1.58. The first-order valence-corrected chi connectivity index (χ1v) is 6.05. The van der Waals surface area contributed by atoms with E-state index in [1.54, 1.807) is 29.2 Å². The van der Waals surface area contributed by atoms with E-state index in [-0.39, 0.29) is 0 Å². The van der Waals surface area contributed by atoms with Crippen LogP contribution in [0.3, 0.4) is 0 Å². The summed E-state index contributed by atoms with van der Waals surface area (Å²) in [6.07, 6.45) is 4.74. The molecule has 0 N–H and O–H groups in total. The number of rotatable bonds is 6. The maximum absolute atomic E-state index is 5.87. The van der Waals surface area contributed by atoms with Gasteiger partial charge >= 0.3 is 0 Å². The molecule has 0 aliphatic carbocycles. The second-order valence-corrected chi connectivity index (χ2v) is 4.16. The Morgan fingerprint density at radius 2 is 2.21 bits per heavy atom. The summed E-state index contributed by atoms with van der Waals surface area (Å²) in [7, 11) is 0. The van der Waals surface area contributed by atoms with E-state index in [4.69, 9.17) is 16.4 Å². The molecule has 0 spiro atoms. The molecule has 0 saturated heterocycles. The monoisotopic (exact) mass is 276 g/mol. The van der Waals surface area contributed by atoms with E-state index in [9.17, 15) is 0 Å². The zero-order valence-electron chi connectivity index (χ0n) is 10.2. The van der Waals surface area contributed by atoms with E-state index >= 15 is 0 Å². The van der Waals surface area contributed by atoms with Gasteiger partial charge in [0.15, 0.2) is 0 Å². The summed E-state index contributed by atoms with van der Waals surface area (Å²) in [5, 5.41) is 8.83. The third-order valence-corrected chi connectivity index (χ3v) is 2.57. The minimum Gasteiger partial charge on any atom is -0.391 e. The first-order chi connectivity index (χ1) is 9.29. The molecule has 0 aliphatic heterocycles. The van der Waals surface area contributed by atoms with Crippen LogP contribution in [-0.2, 0) is 11.4 Å². The van der Waals surface area contributed by atoms with Crippen molar-refractivity contribution in [3.63, 3.8) is 0 Å². The maximum Gasteiger partial charge on any atom is 0.137 e. The van der Waals surface area contributed by atoms with Gasteiger partial charge in [0.1, 0.15) is 25.0 Å². The van der Waals surface area contributed by atoms with Crippen molar-refractivity contribution in [1.82, 2.24) is 14.8 Å². The largest absolute Gasteiger partial charge is 0.391 e. The molecule has 0 radical (unpaired) electrons. The smallest absolute Gasteiger partial charge is 0.137 e. The van der Waals surface area contributed by atoms with Crippen molar-refractivity contribution in [2.75, 3.05) is 6.61 Å². The molecule has 0 amide bonds. The molecule has 98 valence electrons. The van der Waals surface area contributed by atoms with Crippen molar-refractivity contribution >= 4 is 17.3 Å². The lowest BCUT2D eigenvalue weighted by molar-refractivity contribution is 0.174. The normalized spacial score (nSPS) is 11.3. The van der Waals surface area contributed by atoms with Crippen LogP contribution in [0.4, 0.5) is 0 Å². The fraction of sp³-hybridized carbons (Fsp3) is 0.154. The van der Waals surface area contributed by atoms with Gasteiger partial charge in [0, 0.05) is 10.6 Å². The highest BCUT2D eigenvalue weighted by Crippen LogP contribution is 2.11. The Bertz CT molecular complexity index is 549. The van der Waals surface area contributed by atoms with Gasteiger partial charge in [0.25, 0.3) is 0 Å². The van der Waals surface area contributed by atoms with Gasteiger partial charge in [-0.2, -0.15) is 5.10 Å². The van der Waals surface area contributed by atoms with Gasteiger partial charge in [-0.3, -0.25) is 0 Å². The molecule has 0 saturated carbocycles. The number of oxime groups is 1. The lowest BCUT2D eigenvalue weighted by Crippen LogP contribution is -2.13. The number of hydrogen-bond acceptors (Lipinski definition) is 4. The topological polar surface area (TPSA) is 52.3 Å². The highest BCUT2D eigenvalue weighted by Gasteiger charge is 2.06. The van der Waals surface area contributed by atoms with E-state index in [1.807, 2.05) is 12.1 Å². The first-order valence-electron chi connectivity index (χ1n) is 5.67. The Kier molecular flexibility index (Phi) is 4.69. The highest BCUT2D eigenvalue weighted by atomic mass is 35.5. The molecule has 1 aromatic carbocycles. The van der Waals surface area contributed by atoms with Crippen molar-refractivity contribution < 1.29 is 4.84 Å². The third-order valence-electron chi connectivity index (χ3n) is 2.32. The zero-order valence-corrected chi connectivity index (χ0v) is 11.0. The number of hydrogen-bond donors (Lipinski definition) is 0. The minimum absolute atomic E-state index is 0.356. The molecule has 0 bridgehead atoms. The molecule has 1 aromatic heterocycles. The Balaban J connectivity index is 2.20. The molecular formula is C13H13ClN4O. The van der Waals surface area contributed by atoms with Crippen molar-refractivity contribution in [3.05, 3.63) is 60.2 Å². The lowest BCUT2D eigenvalue weighted by atomic mass is 10.1. The summed E-state index contributed by atoms with van der Waals surface area (Å²) in [4.78, 5) is 9.05. The molecule has 0 fully saturated rings. The van der Waals surface area contributed by atoms with Gasteiger partial charge in [-0.1, -0.05) is 41.5 Å². The van der Waals surface area contributed by atoms with Crippen LogP contribution in [0.1, 0.15) is 5.56 Å². The van der Waals surface area contributed by atoms with Crippen molar-refractivity contribution in [2.45, 2.75) is 6.54 Å². The summed E-state index contributed by atoms with van der Waals surface area (Å²) >= 11 is 5.87. The second kappa shape index (κ2) is 6.70. The van der Waals surface area contributed by atoms with Gasteiger partial charge in [0.2, 0.25) is 0 Å². The van der Waals surface area contributed by atoms with E-state index < -0.39 is 0 Å². The molecule has 2 rings (SSSR count). The van der Waals surface area contributed by atoms with E-state index in [0.29, 0.717) is 18.2 Å². The van der Waals surface area contributed by atoms with Gasteiger partial charge < -0.3 is 4.84 Å². The van der Waals surface area contributed by atoms with E-state index in [0.717, 1.165) is 11.3 Å². The molecule has 0 aliphatic rings. The molecule has 1 heterocycles. The zero-order chi connectivity index (χ0) is 13.5. The van der Waals surface area contributed by atoms with Gasteiger partial charge in [-0.15, -0.1) is 0 Å². The second-order valence-electron chi connectivity index (χ2n) is 3.72. The minimum atomic E-state index is 0.356. The molecular weight excluding hydrogens is 264 g/mol. The first kappa shape index (κ1) is 13.3. The van der Waals surface area contributed by atoms with E-state index in [1.165, 1.54) is 6.33 Å². The quantitative estimate of drug-likeness (QED) is 0.353. The van der Waals surface area contributed by atoms with Gasteiger partial charge in [-0.25, -0.2) is 9.67 Å². The predicted octanol–water partition coefficient (Wildman–Crippen LogP) is 2.54. The number of halogens is 1. The number of benzene rings is 1. The molecule has 2 aromatic rings. The highest BCUT2D eigenvalue weighted by molar-refractivity contribution is 6.30. The Hall–Kier alpha value is -2.14. The Labute approximate surface area is 116 Å². The summed E-state index contributed by atoms with van der Waals surface area (Å²) in [6.45, 7) is 4.40. The number of nitrogens with zero attached hydrogens (tertiary/aromatic N) is 4. The predicted molar refractivity (Wildman–Crippen MR) is 74.2 cm³/mol. The van der Waals surface area contributed by atoms with Gasteiger partial charge in [0.05, 0.1) is 6.54 Å². The lowest BCUT2D eigenvalue weighted by Gasteiger charge is -2.06. The summed E-state index contributed by atoms with van der Waals surface area (Å²) < 4.78 is 1.67. The van der Waals surface area contributed by atoms with Crippen LogP contribution in [0.15, 0.2) is 54.7 Å². The average Bonchev–Trinajstić information content (AvgIpc) is 2.92. The standard InChI is InChI=1S/C13H13ClN4O/c1-2-7-19-17-13(8-18-10-15-9-16-18)11-3-5-12(14)6-4-11/h2-6,9-10H,1,7-8H2. The van der Waals surface area contributed by atoms with E-state index in [2.05, 4.69) is 21.8 Å². The molecule has 0 unspecified atom stereocenters. The summed E-state index contributed by atoms with van der Waals surface area (Å²) in [5.41, 5.74) is 1.66. The summed E-state index contributed by atoms with van der Waals surface area (Å²) in [6, 6.07) is 7.38. The molecule has 5 nitrogen and oxygen atoms in total. The van der Waals surface area contributed by atoms with Crippen LogP contribution < -0.4 is 0 Å². The van der Waals surface area contributed by atoms with Crippen LogP contribution in [-0.4, -0.2) is 27.1 Å². The Morgan fingerprint density at radius 3 is 2.84 bits per heavy atom. The molecule has 6 heteroatoms. The van der Waals surface area contributed by atoms with Crippen LogP contribution in [0, 0.1) is 0 Å². The number of aromatic nitrogens is 3. The average molecular weight is 277 g/mol. The van der Waals surface area contributed by atoms with Crippen LogP contribution in [0.5, 0.6) is 0 Å². The molecule has 0 atom stereocenters. The molecule has 19 heavy (non-hydrogen) atoms. The van der Waals surface area contributed by atoms with Crippen LogP contribution >= 0.6 is 11.6 Å². The SMILES string of the molecule is C=CCON=C(Cn1cncn1)c1ccc(Cl)cc1. The van der Waals surface area contributed by atoms with Crippen molar-refractivity contribution in [1.29, 1.82) is 0 Å². The van der Waals surface area contributed by atoms with Crippen LogP contribution in [0.2, 0.25) is 5.02 Å².